The van der Waals surface area contributed by atoms with Crippen molar-refractivity contribution in [3.63, 3.8) is 0 Å². The van der Waals surface area contributed by atoms with Crippen molar-refractivity contribution in [1.82, 2.24) is 0 Å². The molecule has 1 aromatic carbocycles. The number of carboxylic acid groups (broad SMARTS) is 1. The van der Waals surface area contributed by atoms with E-state index in [9.17, 15) is 9.90 Å². The molecule has 0 atom stereocenters. The summed E-state index contributed by atoms with van der Waals surface area (Å²) < 4.78 is 9.85. The van der Waals surface area contributed by atoms with E-state index in [2.05, 4.69) is 0 Å². The van der Waals surface area contributed by atoms with Gasteiger partial charge in [0.15, 0.2) is 11.5 Å². The molecule has 0 spiro atoms. The molecule has 0 aliphatic rings. The van der Waals surface area contributed by atoms with Crippen LogP contribution in [0.5, 0.6) is 17.2 Å². The molecular weight excluding hydrogens is 228 g/mol. The van der Waals surface area contributed by atoms with Gasteiger partial charge in [0.05, 0.1) is 14.2 Å². The second-order valence-electron chi connectivity index (χ2n) is 2.95. The van der Waals surface area contributed by atoms with Gasteiger partial charge in [0.2, 0.25) is 5.75 Å². The van der Waals surface area contributed by atoms with Crippen LogP contribution in [0.1, 0.15) is 5.56 Å². The summed E-state index contributed by atoms with van der Waals surface area (Å²) in [5.74, 6) is -0.711. The number of rotatable bonds is 4. The predicted octanol–water partition coefficient (Wildman–Crippen LogP) is 0.682. The summed E-state index contributed by atoms with van der Waals surface area (Å²) in [7, 11) is 2.80. The Morgan fingerprint density at radius 3 is 2.06 bits per heavy atom. The van der Waals surface area contributed by atoms with Crippen LogP contribution in [0.4, 0.5) is 0 Å². The van der Waals surface area contributed by atoms with Crippen molar-refractivity contribution in [3.8, 4) is 17.2 Å². The van der Waals surface area contributed by atoms with Gasteiger partial charge >= 0.3 is 5.97 Å². The Kier molecular flexibility index (Phi) is 5.56. The van der Waals surface area contributed by atoms with E-state index in [1.54, 1.807) is 0 Å². The van der Waals surface area contributed by atoms with E-state index in [1.807, 2.05) is 0 Å². The summed E-state index contributed by atoms with van der Waals surface area (Å²) in [6.45, 7) is 0. The number of ether oxygens (including phenoxy) is 2. The lowest BCUT2D eigenvalue weighted by molar-refractivity contribution is -0.131. The molecule has 0 aliphatic carbocycles. The number of carboxylic acids is 1. The number of hydrogen-bond donors (Lipinski definition) is 2. The van der Waals surface area contributed by atoms with E-state index in [1.165, 1.54) is 32.4 Å². The lowest BCUT2D eigenvalue weighted by Crippen LogP contribution is -1.91. The molecule has 1 aromatic rings. The number of hydrogen-bond acceptors (Lipinski definition) is 4. The van der Waals surface area contributed by atoms with Crippen LogP contribution in [-0.2, 0) is 4.79 Å². The Bertz CT molecular complexity index is 399. The van der Waals surface area contributed by atoms with Gasteiger partial charge in [-0.25, -0.2) is 4.79 Å². The number of phenols is 1. The van der Waals surface area contributed by atoms with Gasteiger partial charge in [-0.15, -0.1) is 0 Å². The fourth-order valence-electron chi connectivity index (χ4n) is 1.18. The van der Waals surface area contributed by atoms with Crippen molar-refractivity contribution >= 4 is 12.0 Å². The summed E-state index contributed by atoms with van der Waals surface area (Å²) in [6, 6.07) is 3.02. The molecule has 0 radical (unpaired) electrons. The summed E-state index contributed by atoms with van der Waals surface area (Å²) in [5, 5.41) is 18.1. The fraction of sp³-hybridized carbons (Fsp3) is 0.182. The predicted molar refractivity (Wildman–Crippen MR) is 61.5 cm³/mol. The topological polar surface area (TPSA) is 107 Å². The van der Waals surface area contributed by atoms with Crippen LogP contribution in [0.3, 0.4) is 0 Å². The Labute approximate surface area is 98.0 Å². The minimum absolute atomic E-state index is 0. The van der Waals surface area contributed by atoms with E-state index in [4.69, 9.17) is 14.6 Å². The van der Waals surface area contributed by atoms with Gasteiger partial charge in [-0.1, -0.05) is 0 Å². The first-order valence-corrected chi connectivity index (χ1v) is 4.44. The maximum Gasteiger partial charge on any atom is 0.328 e. The van der Waals surface area contributed by atoms with Crippen molar-refractivity contribution in [2.75, 3.05) is 14.2 Å². The van der Waals surface area contributed by atoms with E-state index in [-0.39, 0.29) is 22.7 Å². The molecule has 0 unspecified atom stereocenters. The molecule has 0 saturated heterocycles. The quantitative estimate of drug-likeness (QED) is 0.755. The largest absolute Gasteiger partial charge is 0.502 e. The molecule has 0 bridgehead atoms. The average molecular weight is 242 g/mol. The number of benzene rings is 1. The van der Waals surface area contributed by atoms with Crippen LogP contribution in [0.2, 0.25) is 0 Å². The SMILES string of the molecule is COc1cc(/C=C/C(=O)O)cc(OC)c1O.O. The van der Waals surface area contributed by atoms with E-state index in [0.29, 0.717) is 5.56 Å². The second-order valence-corrected chi connectivity index (χ2v) is 2.95. The zero-order valence-electron chi connectivity index (χ0n) is 9.43. The Morgan fingerprint density at radius 1 is 1.24 bits per heavy atom. The minimum Gasteiger partial charge on any atom is -0.502 e. The highest BCUT2D eigenvalue weighted by Gasteiger charge is 2.09. The zero-order chi connectivity index (χ0) is 12.1. The fourth-order valence-corrected chi connectivity index (χ4v) is 1.18. The third-order valence-electron chi connectivity index (χ3n) is 1.92. The first-order chi connectivity index (χ1) is 7.58. The summed E-state index contributed by atoms with van der Waals surface area (Å²) in [4.78, 5) is 10.3. The molecule has 17 heavy (non-hydrogen) atoms. The summed E-state index contributed by atoms with van der Waals surface area (Å²) >= 11 is 0. The highest BCUT2D eigenvalue weighted by Crippen LogP contribution is 2.37. The third kappa shape index (κ3) is 3.69. The third-order valence-corrected chi connectivity index (χ3v) is 1.92. The van der Waals surface area contributed by atoms with Gasteiger partial charge in [0.25, 0.3) is 0 Å². The monoisotopic (exact) mass is 242 g/mol. The van der Waals surface area contributed by atoms with Gasteiger partial charge < -0.3 is 25.2 Å². The van der Waals surface area contributed by atoms with E-state index in [0.717, 1.165) is 6.08 Å². The van der Waals surface area contributed by atoms with Gasteiger partial charge in [0.1, 0.15) is 0 Å². The molecule has 94 valence electrons. The Morgan fingerprint density at radius 2 is 1.71 bits per heavy atom. The van der Waals surface area contributed by atoms with Gasteiger partial charge in [-0.2, -0.15) is 0 Å². The first-order valence-electron chi connectivity index (χ1n) is 4.44. The number of phenolic OH excluding ortho intramolecular Hbond substituents is 1. The molecule has 0 heterocycles. The second kappa shape index (κ2) is 6.39. The van der Waals surface area contributed by atoms with Crippen molar-refractivity contribution in [3.05, 3.63) is 23.8 Å². The summed E-state index contributed by atoms with van der Waals surface area (Å²) in [6.07, 6.45) is 2.37. The Hall–Kier alpha value is -2.21. The minimum atomic E-state index is -1.05. The van der Waals surface area contributed by atoms with Crippen LogP contribution in [0.15, 0.2) is 18.2 Å². The van der Waals surface area contributed by atoms with Crippen LogP contribution in [0.25, 0.3) is 6.08 Å². The number of aliphatic carboxylic acids is 1. The highest BCUT2D eigenvalue weighted by molar-refractivity contribution is 5.85. The molecule has 0 amide bonds. The van der Waals surface area contributed by atoms with Crippen LogP contribution in [0, 0.1) is 0 Å². The number of methoxy groups -OCH3 is 2. The van der Waals surface area contributed by atoms with Crippen molar-refractivity contribution in [1.29, 1.82) is 0 Å². The molecule has 1 rings (SSSR count). The number of carbonyl (C=O) groups is 1. The van der Waals surface area contributed by atoms with Crippen molar-refractivity contribution in [2.24, 2.45) is 0 Å². The maximum atomic E-state index is 10.3. The molecule has 0 aromatic heterocycles. The van der Waals surface area contributed by atoms with Gasteiger partial charge in [-0.05, 0) is 23.8 Å². The molecule has 4 N–H and O–H groups in total. The van der Waals surface area contributed by atoms with Crippen LogP contribution < -0.4 is 9.47 Å². The summed E-state index contributed by atoms with van der Waals surface area (Å²) in [5.41, 5.74) is 0.564. The van der Waals surface area contributed by atoms with Gasteiger partial charge in [0, 0.05) is 6.08 Å². The average Bonchev–Trinajstić information content (AvgIpc) is 2.27. The molecule has 0 fully saturated rings. The first kappa shape index (κ1) is 14.8. The van der Waals surface area contributed by atoms with Crippen molar-refractivity contribution < 1.29 is 30.0 Å². The molecule has 0 saturated carbocycles. The lowest BCUT2D eigenvalue weighted by atomic mass is 10.1. The molecule has 0 aliphatic heterocycles. The van der Waals surface area contributed by atoms with Crippen LogP contribution in [-0.4, -0.2) is 35.9 Å². The van der Waals surface area contributed by atoms with Crippen molar-refractivity contribution in [2.45, 2.75) is 0 Å². The molecule has 6 nitrogen and oxygen atoms in total. The maximum absolute atomic E-state index is 10.3. The highest BCUT2D eigenvalue weighted by atomic mass is 16.5. The lowest BCUT2D eigenvalue weighted by Gasteiger charge is -2.09. The molecular formula is C11H14O6. The van der Waals surface area contributed by atoms with Crippen LogP contribution >= 0.6 is 0 Å². The Balaban J connectivity index is 0.00000256. The number of aromatic hydroxyl groups is 1. The van der Waals surface area contributed by atoms with Gasteiger partial charge in [-0.3, -0.25) is 0 Å². The molecule has 6 heteroatoms. The zero-order valence-corrected chi connectivity index (χ0v) is 9.43. The normalized spacial score (nSPS) is 9.76. The van der Waals surface area contributed by atoms with E-state index < -0.39 is 5.97 Å². The standard InChI is InChI=1S/C11H12O5.H2O/c1-15-8-5-7(3-4-10(12)13)6-9(16-2)11(8)14;/h3-6,14H,1-2H3,(H,12,13);1H2/b4-3+;. The van der Waals surface area contributed by atoms with E-state index >= 15 is 0 Å². The smallest absolute Gasteiger partial charge is 0.328 e.